The molecule has 0 atom stereocenters. The molecule has 0 aliphatic rings. The molecule has 0 spiro atoms. The zero-order valence-corrected chi connectivity index (χ0v) is 12.6. The maximum atomic E-state index is 12.4. The second kappa shape index (κ2) is 6.52. The molecule has 1 amide bonds. The third-order valence-electron chi connectivity index (χ3n) is 3.19. The van der Waals surface area contributed by atoms with E-state index in [1.807, 2.05) is 0 Å². The number of hydrogen-bond acceptors (Lipinski definition) is 5. The van der Waals surface area contributed by atoms with Gasteiger partial charge in [-0.15, -0.1) is 11.3 Å². The molecule has 0 fully saturated rings. The first-order chi connectivity index (χ1) is 10.4. The summed E-state index contributed by atoms with van der Waals surface area (Å²) in [6.45, 7) is 2.32. The van der Waals surface area contributed by atoms with E-state index in [0.29, 0.717) is 16.8 Å². The summed E-state index contributed by atoms with van der Waals surface area (Å²) in [6.07, 6.45) is -0.115. The highest BCUT2D eigenvalue weighted by atomic mass is 32.1. The van der Waals surface area contributed by atoms with E-state index in [1.54, 1.807) is 19.1 Å². The van der Waals surface area contributed by atoms with Crippen LogP contribution in [0.25, 0.3) is 10.1 Å². The van der Waals surface area contributed by atoms with Crippen LogP contribution in [-0.2, 0) is 4.79 Å². The molecule has 0 radical (unpaired) electrons. The summed E-state index contributed by atoms with van der Waals surface area (Å²) >= 11 is 1.24. The molecule has 2 rings (SSSR count). The SMILES string of the molecule is CCN(CCC(=O)O)C(=O)c1cc2cc([N+](=O)[O-])ccc2s1. The molecule has 0 saturated heterocycles. The Hall–Kier alpha value is -2.48. The highest BCUT2D eigenvalue weighted by Crippen LogP contribution is 2.29. The van der Waals surface area contributed by atoms with Crippen LogP contribution >= 0.6 is 11.3 Å². The zero-order chi connectivity index (χ0) is 16.3. The van der Waals surface area contributed by atoms with Gasteiger partial charge in [-0.05, 0) is 19.1 Å². The summed E-state index contributed by atoms with van der Waals surface area (Å²) in [7, 11) is 0. The molecule has 1 aromatic heterocycles. The molecule has 1 aromatic carbocycles. The number of nitro groups is 1. The Balaban J connectivity index is 2.27. The largest absolute Gasteiger partial charge is 0.481 e. The topological polar surface area (TPSA) is 101 Å². The fourth-order valence-electron chi connectivity index (χ4n) is 2.04. The lowest BCUT2D eigenvalue weighted by Gasteiger charge is -2.18. The number of nitro benzene ring substituents is 1. The standard InChI is InChI=1S/C14H14N2O5S/c1-2-15(6-5-13(17)18)14(19)12-8-9-7-10(16(20)21)3-4-11(9)22-12/h3-4,7-8H,2,5-6H2,1H3,(H,17,18). The van der Waals surface area contributed by atoms with Gasteiger partial charge in [0.25, 0.3) is 11.6 Å². The fourth-order valence-corrected chi connectivity index (χ4v) is 3.05. The van der Waals surface area contributed by atoms with Crippen molar-refractivity contribution in [1.29, 1.82) is 0 Å². The highest BCUT2D eigenvalue weighted by Gasteiger charge is 2.18. The van der Waals surface area contributed by atoms with Crippen molar-refractivity contribution in [3.63, 3.8) is 0 Å². The first-order valence-electron chi connectivity index (χ1n) is 6.61. The van der Waals surface area contributed by atoms with Crippen LogP contribution in [0.1, 0.15) is 23.0 Å². The van der Waals surface area contributed by atoms with Crippen molar-refractivity contribution < 1.29 is 19.6 Å². The Bertz CT molecular complexity index is 740. The maximum Gasteiger partial charge on any atom is 0.305 e. The van der Waals surface area contributed by atoms with Gasteiger partial charge in [-0.2, -0.15) is 0 Å². The third-order valence-corrected chi connectivity index (χ3v) is 4.29. The summed E-state index contributed by atoms with van der Waals surface area (Å²) in [5.74, 6) is -1.22. The molecule has 116 valence electrons. The number of fused-ring (bicyclic) bond motifs is 1. The fraction of sp³-hybridized carbons (Fsp3) is 0.286. The smallest absolute Gasteiger partial charge is 0.305 e. The number of carboxylic acid groups (broad SMARTS) is 1. The normalized spacial score (nSPS) is 10.6. The summed E-state index contributed by atoms with van der Waals surface area (Å²) in [5, 5.41) is 20.1. The van der Waals surface area contributed by atoms with E-state index in [-0.39, 0.29) is 24.6 Å². The van der Waals surface area contributed by atoms with Gasteiger partial charge >= 0.3 is 5.97 Å². The van der Waals surface area contributed by atoms with Crippen LogP contribution in [-0.4, -0.2) is 39.9 Å². The Kier molecular flexibility index (Phi) is 4.71. The first-order valence-corrected chi connectivity index (χ1v) is 7.43. The van der Waals surface area contributed by atoms with E-state index >= 15 is 0 Å². The molecule has 1 heterocycles. The van der Waals surface area contributed by atoms with Crippen LogP contribution in [0, 0.1) is 10.1 Å². The van der Waals surface area contributed by atoms with Crippen molar-refractivity contribution in [2.75, 3.05) is 13.1 Å². The number of carbonyl (C=O) groups is 2. The van der Waals surface area contributed by atoms with Gasteiger partial charge in [-0.3, -0.25) is 19.7 Å². The van der Waals surface area contributed by atoms with E-state index in [2.05, 4.69) is 0 Å². The summed E-state index contributed by atoms with van der Waals surface area (Å²) in [5.41, 5.74) is -0.0254. The van der Waals surface area contributed by atoms with Crippen molar-refractivity contribution in [3.05, 3.63) is 39.3 Å². The van der Waals surface area contributed by atoms with Crippen LogP contribution in [0.3, 0.4) is 0 Å². The molecule has 0 aliphatic heterocycles. The number of aliphatic carboxylic acids is 1. The third kappa shape index (κ3) is 3.40. The van der Waals surface area contributed by atoms with Gasteiger partial charge in [-0.1, -0.05) is 0 Å². The molecule has 2 aromatic rings. The van der Waals surface area contributed by atoms with E-state index in [1.165, 1.54) is 28.4 Å². The van der Waals surface area contributed by atoms with Gasteiger partial charge < -0.3 is 10.0 Å². The van der Waals surface area contributed by atoms with Gasteiger partial charge in [0.05, 0.1) is 16.2 Å². The van der Waals surface area contributed by atoms with Crippen LogP contribution in [0.15, 0.2) is 24.3 Å². The number of carboxylic acids is 1. The molecular formula is C14H14N2O5S. The number of hydrogen-bond donors (Lipinski definition) is 1. The lowest BCUT2D eigenvalue weighted by Crippen LogP contribution is -2.32. The molecule has 22 heavy (non-hydrogen) atoms. The number of rotatable bonds is 6. The van der Waals surface area contributed by atoms with Crippen LogP contribution < -0.4 is 0 Å². The zero-order valence-electron chi connectivity index (χ0n) is 11.8. The second-order valence-corrected chi connectivity index (χ2v) is 5.70. The number of carbonyl (C=O) groups excluding carboxylic acids is 1. The molecule has 0 unspecified atom stereocenters. The van der Waals surface area contributed by atoms with Crippen LogP contribution in [0.4, 0.5) is 5.69 Å². The van der Waals surface area contributed by atoms with Crippen molar-refractivity contribution >= 4 is 39.0 Å². The number of benzene rings is 1. The van der Waals surface area contributed by atoms with Crippen molar-refractivity contribution in [1.82, 2.24) is 4.90 Å². The molecule has 0 bridgehead atoms. The van der Waals surface area contributed by atoms with Gasteiger partial charge in [0.1, 0.15) is 0 Å². The lowest BCUT2D eigenvalue weighted by molar-refractivity contribution is -0.384. The number of amides is 1. The molecule has 0 aliphatic carbocycles. The Morgan fingerprint density at radius 3 is 2.68 bits per heavy atom. The monoisotopic (exact) mass is 322 g/mol. The molecule has 0 saturated carbocycles. The second-order valence-electron chi connectivity index (χ2n) is 4.62. The predicted octanol–water partition coefficient (Wildman–Crippen LogP) is 2.75. The van der Waals surface area contributed by atoms with Gasteiger partial charge in [0.2, 0.25) is 0 Å². The van der Waals surface area contributed by atoms with E-state index < -0.39 is 10.9 Å². The first kappa shape index (κ1) is 15.9. The lowest BCUT2D eigenvalue weighted by atomic mass is 10.2. The average molecular weight is 322 g/mol. The number of thiophene rings is 1. The van der Waals surface area contributed by atoms with Gasteiger partial charge in [0.15, 0.2) is 0 Å². The minimum atomic E-state index is -0.960. The Morgan fingerprint density at radius 2 is 2.09 bits per heavy atom. The Morgan fingerprint density at radius 1 is 1.36 bits per heavy atom. The average Bonchev–Trinajstić information content (AvgIpc) is 2.90. The number of non-ortho nitro benzene ring substituents is 1. The van der Waals surface area contributed by atoms with Crippen molar-refractivity contribution in [2.24, 2.45) is 0 Å². The quantitative estimate of drug-likeness (QED) is 0.651. The maximum absolute atomic E-state index is 12.4. The van der Waals surface area contributed by atoms with Crippen molar-refractivity contribution in [3.8, 4) is 0 Å². The van der Waals surface area contributed by atoms with E-state index in [9.17, 15) is 19.7 Å². The molecule has 7 nitrogen and oxygen atoms in total. The van der Waals surface area contributed by atoms with E-state index in [4.69, 9.17) is 5.11 Å². The summed E-state index contributed by atoms with van der Waals surface area (Å²) in [4.78, 5) is 35.2. The van der Waals surface area contributed by atoms with E-state index in [0.717, 1.165) is 4.70 Å². The molecule has 8 heteroatoms. The minimum absolute atomic E-state index is 0.0254. The molecule has 1 N–H and O–H groups in total. The summed E-state index contributed by atoms with van der Waals surface area (Å²) in [6, 6.07) is 6.05. The van der Waals surface area contributed by atoms with Gasteiger partial charge in [0, 0.05) is 35.3 Å². The van der Waals surface area contributed by atoms with Crippen molar-refractivity contribution in [2.45, 2.75) is 13.3 Å². The summed E-state index contributed by atoms with van der Waals surface area (Å²) < 4.78 is 0.781. The minimum Gasteiger partial charge on any atom is -0.481 e. The predicted molar refractivity (Wildman–Crippen MR) is 82.3 cm³/mol. The van der Waals surface area contributed by atoms with Crippen LogP contribution in [0.5, 0.6) is 0 Å². The van der Waals surface area contributed by atoms with Gasteiger partial charge in [-0.25, -0.2) is 0 Å². The Labute approximate surface area is 129 Å². The van der Waals surface area contributed by atoms with Crippen LogP contribution in [0.2, 0.25) is 0 Å². The molecular weight excluding hydrogens is 308 g/mol. The number of nitrogens with zero attached hydrogens (tertiary/aromatic N) is 2. The highest BCUT2D eigenvalue weighted by molar-refractivity contribution is 7.20.